The summed E-state index contributed by atoms with van der Waals surface area (Å²) in [7, 11) is 0. The van der Waals surface area contributed by atoms with E-state index in [0.29, 0.717) is 50.7 Å². The van der Waals surface area contributed by atoms with Crippen LogP contribution in [0.15, 0.2) is 75.9 Å². The van der Waals surface area contributed by atoms with Gasteiger partial charge in [-0.2, -0.15) is 0 Å². The Kier molecular flexibility index (Phi) is 4.36. The first-order valence-electron chi connectivity index (χ1n) is 9.77. The van der Waals surface area contributed by atoms with Crippen molar-refractivity contribution in [3.8, 4) is 5.69 Å². The minimum absolute atomic E-state index is 0.142. The smallest absolute Gasteiger partial charge is 0.265 e. The number of carbonyl (C=O) groups is 1. The predicted molar refractivity (Wildman–Crippen MR) is 119 cm³/mol. The molecule has 7 nitrogen and oxygen atoms in total. The number of anilines is 1. The van der Waals surface area contributed by atoms with E-state index < -0.39 is 0 Å². The van der Waals surface area contributed by atoms with Crippen LogP contribution in [-0.2, 0) is 0 Å². The molecule has 1 amide bonds. The molecule has 31 heavy (non-hydrogen) atoms. The monoisotopic (exact) mass is 410 g/mol. The van der Waals surface area contributed by atoms with Crippen molar-refractivity contribution in [2.24, 2.45) is 0 Å². The Morgan fingerprint density at radius 2 is 1.71 bits per heavy atom. The van der Waals surface area contributed by atoms with Crippen molar-refractivity contribution in [2.75, 3.05) is 5.32 Å². The summed E-state index contributed by atoms with van der Waals surface area (Å²) in [4.78, 5) is 34.4. The zero-order chi connectivity index (χ0) is 21.5. The second kappa shape index (κ2) is 7.21. The van der Waals surface area contributed by atoms with Crippen LogP contribution in [0.25, 0.3) is 27.7 Å². The first kappa shape index (κ1) is 18.7. The van der Waals surface area contributed by atoms with E-state index in [1.807, 2.05) is 18.2 Å². The standard InChI is InChI=1S/C24H18N4O3/c1-14-25-20-6-4-3-5-19(20)24(30)28(14)18-10-7-16(8-11-18)23(29)27-17-9-12-22-21(13-17)26-15(2)31-22/h3-13H,1-2H3,(H,27,29). The molecule has 0 unspecified atom stereocenters. The molecule has 0 saturated carbocycles. The maximum Gasteiger partial charge on any atom is 0.265 e. The molecule has 0 radical (unpaired) electrons. The lowest BCUT2D eigenvalue weighted by molar-refractivity contribution is 0.102. The fourth-order valence-corrected chi connectivity index (χ4v) is 3.63. The molecule has 0 aliphatic heterocycles. The Bertz CT molecular complexity index is 1510. The summed E-state index contributed by atoms with van der Waals surface area (Å²) < 4.78 is 7.00. The van der Waals surface area contributed by atoms with Gasteiger partial charge in [-0.25, -0.2) is 9.97 Å². The number of benzene rings is 3. The van der Waals surface area contributed by atoms with Crippen LogP contribution in [0.3, 0.4) is 0 Å². The van der Waals surface area contributed by atoms with Crippen LogP contribution in [0, 0.1) is 13.8 Å². The quantitative estimate of drug-likeness (QED) is 0.476. The molecule has 0 bridgehead atoms. The molecule has 2 heterocycles. The van der Waals surface area contributed by atoms with E-state index in [2.05, 4.69) is 15.3 Å². The third kappa shape index (κ3) is 3.36. The third-order valence-electron chi connectivity index (χ3n) is 5.08. The van der Waals surface area contributed by atoms with Crippen molar-refractivity contribution in [1.82, 2.24) is 14.5 Å². The molecule has 3 aromatic carbocycles. The molecule has 0 atom stereocenters. The second-order valence-electron chi connectivity index (χ2n) is 7.23. The highest BCUT2D eigenvalue weighted by molar-refractivity contribution is 6.05. The Hall–Kier alpha value is -4.26. The van der Waals surface area contributed by atoms with E-state index in [1.54, 1.807) is 66.9 Å². The van der Waals surface area contributed by atoms with Crippen LogP contribution in [0.1, 0.15) is 22.1 Å². The molecule has 5 aromatic rings. The number of rotatable bonds is 3. The molecule has 2 aromatic heterocycles. The van der Waals surface area contributed by atoms with Gasteiger partial charge in [-0.15, -0.1) is 0 Å². The van der Waals surface area contributed by atoms with Gasteiger partial charge in [-0.1, -0.05) is 12.1 Å². The normalized spacial score (nSPS) is 11.2. The Morgan fingerprint density at radius 3 is 2.52 bits per heavy atom. The molecular formula is C24H18N4O3. The summed E-state index contributed by atoms with van der Waals surface area (Å²) in [6.45, 7) is 3.56. The first-order valence-corrected chi connectivity index (χ1v) is 9.77. The van der Waals surface area contributed by atoms with Gasteiger partial charge < -0.3 is 9.73 Å². The van der Waals surface area contributed by atoms with Crippen LogP contribution in [-0.4, -0.2) is 20.4 Å². The number of aryl methyl sites for hydroxylation is 2. The molecule has 5 rings (SSSR count). The van der Waals surface area contributed by atoms with Crippen molar-refractivity contribution >= 4 is 33.6 Å². The van der Waals surface area contributed by atoms with Gasteiger partial charge >= 0.3 is 0 Å². The van der Waals surface area contributed by atoms with Crippen LogP contribution in [0.5, 0.6) is 0 Å². The Labute approximate surface area is 177 Å². The number of hydrogen-bond donors (Lipinski definition) is 1. The summed E-state index contributed by atoms with van der Waals surface area (Å²) in [5, 5.41) is 3.41. The molecule has 1 N–H and O–H groups in total. The minimum Gasteiger partial charge on any atom is -0.441 e. The number of oxazole rings is 1. The lowest BCUT2D eigenvalue weighted by Gasteiger charge is -2.11. The number of nitrogens with zero attached hydrogens (tertiary/aromatic N) is 3. The minimum atomic E-state index is -0.258. The van der Waals surface area contributed by atoms with E-state index in [9.17, 15) is 9.59 Å². The summed E-state index contributed by atoms with van der Waals surface area (Å²) in [5.41, 5.74) is 3.62. The van der Waals surface area contributed by atoms with Gasteiger partial charge in [0, 0.05) is 18.2 Å². The number of hydrogen-bond acceptors (Lipinski definition) is 5. The van der Waals surface area contributed by atoms with Gasteiger partial charge in [-0.05, 0) is 61.5 Å². The Balaban J connectivity index is 1.43. The largest absolute Gasteiger partial charge is 0.441 e. The number of nitrogens with one attached hydrogen (secondary N) is 1. The predicted octanol–water partition coefficient (Wildman–Crippen LogP) is 4.40. The Morgan fingerprint density at radius 1 is 0.935 bits per heavy atom. The molecule has 0 aliphatic rings. The summed E-state index contributed by atoms with van der Waals surface area (Å²) >= 11 is 0. The first-order chi connectivity index (χ1) is 15.0. The van der Waals surface area contributed by atoms with Crippen LogP contribution in [0.4, 0.5) is 5.69 Å². The van der Waals surface area contributed by atoms with E-state index in [4.69, 9.17) is 4.42 Å². The maximum atomic E-state index is 12.9. The SMILES string of the molecule is Cc1nc2cc(NC(=O)c3ccc(-n4c(C)nc5ccccc5c4=O)cc3)ccc2o1. The van der Waals surface area contributed by atoms with Gasteiger partial charge in [0.1, 0.15) is 11.3 Å². The molecular weight excluding hydrogens is 392 g/mol. The lowest BCUT2D eigenvalue weighted by Crippen LogP contribution is -2.22. The zero-order valence-electron chi connectivity index (χ0n) is 16.9. The lowest BCUT2D eigenvalue weighted by atomic mass is 10.1. The molecule has 7 heteroatoms. The van der Waals surface area contributed by atoms with Crippen molar-refractivity contribution < 1.29 is 9.21 Å². The fraction of sp³-hybridized carbons (Fsp3) is 0.0833. The molecule has 0 fully saturated rings. The summed E-state index contributed by atoms with van der Waals surface area (Å²) in [6, 6.07) is 19.4. The topological polar surface area (TPSA) is 90.0 Å². The number of carbonyl (C=O) groups excluding carboxylic acids is 1. The molecule has 0 spiro atoms. The summed E-state index contributed by atoms with van der Waals surface area (Å²) in [6.07, 6.45) is 0. The molecule has 152 valence electrons. The van der Waals surface area contributed by atoms with Crippen molar-refractivity contribution in [3.05, 3.63) is 94.4 Å². The van der Waals surface area contributed by atoms with Crippen molar-refractivity contribution in [2.45, 2.75) is 13.8 Å². The van der Waals surface area contributed by atoms with Gasteiger partial charge in [0.15, 0.2) is 11.5 Å². The number of amides is 1. The summed E-state index contributed by atoms with van der Waals surface area (Å²) in [5.74, 6) is 0.895. The highest BCUT2D eigenvalue weighted by atomic mass is 16.3. The van der Waals surface area contributed by atoms with Gasteiger partial charge in [0.25, 0.3) is 11.5 Å². The zero-order valence-corrected chi connectivity index (χ0v) is 16.9. The maximum absolute atomic E-state index is 12.9. The van der Waals surface area contributed by atoms with Crippen LogP contribution >= 0.6 is 0 Å². The van der Waals surface area contributed by atoms with Crippen molar-refractivity contribution in [1.29, 1.82) is 0 Å². The highest BCUT2D eigenvalue weighted by Crippen LogP contribution is 2.20. The van der Waals surface area contributed by atoms with E-state index in [1.165, 1.54) is 0 Å². The van der Waals surface area contributed by atoms with Crippen LogP contribution in [0.2, 0.25) is 0 Å². The van der Waals surface area contributed by atoms with Gasteiger partial charge in [0.2, 0.25) is 0 Å². The van der Waals surface area contributed by atoms with E-state index >= 15 is 0 Å². The number of para-hydroxylation sites is 1. The number of fused-ring (bicyclic) bond motifs is 2. The van der Waals surface area contributed by atoms with E-state index in [-0.39, 0.29) is 11.5 Å². The van der Waals surface area contributed by atoms with Gasteiger partial charge in [-0.3, -0.25) is 14.2 Å². The fourth-order valence-electron chi connectivity index (χ4n) is 3.63. The van der Waals surface area contributed by atoms with Crippen molar-refractivity contribution in [3.63, 3.8) is 0 Å². The average Bonchev–Trinajstić information content (AvgIpc) is 3.13. The van der Waals surface area contributed by atoms with E-state index in [0.717, 1.165) is 0 Å². The molecule has 0 saturated heterocycles. The molecule has 0 aliphatic carbocycles. The third-order valence-corrected chi connectivity index (χ3v) is 5.08. The highest BCUT2D eigenvalue weighted by Gasteiger charge is 2.12. The van der Waals surface area contributed by atoms with Gasteiger partial charge in [0.05, 0.1) is 16.6 Å². The van der Waals surface area contributed by atoms with Crippen LogP contribution < -0.4 is 10.9 Å². The average molecular weight is 410 g/mol. The number of aromatic nitrogens is 3. The second-order valence-corrected chi connectivity index (χ2v) is 7.23.